The van der Waals surface area contributed by atoms with Crippen LogP contribution in [0.15, 0.2) is 41.2 Å². The van der Waals surface area contributed by atoms with E-state index in [1.165, 1.54) is 24.6 Å². The van der Waals surface area contributed by atoms with Crippen LogP contribution in [0.25, 0.3) is 11.1 Å². The minimum Gasteiger partial charge on any atom is -0.364 e. The van der Waals surface area contributed by atoms with Gasteiger partial charge in [0.2, 0.25) is 0 Å². The van der Waals surface area contributed by atoms with Gasteiger partial charge in [0.05, 0.1) is 11.8 Å². The molecule has 0 unspecified atom stereocenters. The molecule has 0 saturated carbocycles. The molecule has 0 fully saturated rings. The van der Waals surface area contributed by atoms with Crippen molar-refractivity contribution in [2.24, 2.45) is 0 Å². The lowest BCUT2D eigenvalue weighted by Crippen LogP contribution is -2.03. The topological polar surface area (TPSA) is 26.0 Å². The lowest BCUT2D eigenvalue weighted by Gasteiger charge is -2.06. The fraction of sp³-hybridized carbons (Fsp3) is 0.100. The Labute approximate surface area is 83.3 Å². The minimum absolute atomic E-state index is 0.643. The first-order valence-electron chi connectivity index (χ1n) is 4.14. The third kappa shape index (κ3) is 2.01. The molecule has 2 rings (SSSR count). The molecule has 0 spiro atoms. The molecule has 15 heavy (non-hydrogen) atoms. The van der Waals surface area contributed by atoms with Crippen molar-refractivity contribution in [3.63, 3.8) is 0 Å². The Morgan fingerprint density at radius 2 is 1.67 bits per heavy atom. The lowest BCUT2D eigenvalue weighted by molar-refractivity contribution is -0.137. The monoisotopic (exact) mass is 213 g/mol. The SMILES string of the molecule is FC(F)(F)c1ccc(-c2cnoc2)cc1. The maximum Gasteiger partial charge on any atom is 0.416 e. The zero-order valence-corrected chi connectivity index (χ0v) is 7.45. The molecule has 1 aromatic heterocycles. The first-order chi connectivity index (χ1) is 7.07. The predicted molar refractivity (Wildman–Crippen MR) is 46.9 cm³/mol. The van der Waals surface area contributed by atoms with Crippen LogP contribution in [0, 0.1) is 0 Å². The molecular formula is C10H6F3NO. The third-order valence-electron chi connectivity index (χ3n) is 1.98. The van der Waals surface area contributed by atoms with Crippen molar-refractivity contribution in [3.05, 3.63) is 42.3 Å². The molecule has 78 valence electrons. The zero-order chi connectivity index (χ0) is 10.9. The maximum atomic E-state index is 12.2. The van der Waals surface area contributed by atoms with E-state index in [0.717, 1.165) is 12.1 Å². The smallest absolute Gasteiger partial charge is 0.364 e. The van der Waals surface area contributed by atoms with Gasteiger partial charge in [0, 0.05) is 5.56 Å². The van der Waals surface area contributed by atoms with Gasteiger partial charge in [-0.2, -0.15) is 13.2 Å². The van der Waals surface area contributed by atoms with Gasteiger partial charge in [0.15, 0.2) is 0 Å². The van der Waals surface area contributed by atoms with Crippen molar-refractivity contribution < 1.29 is 17.7 Å². The summed E-state index contributed by atoms with van der Waals surface area (Å²) in [5.74, 6) is 0. The molecule has 0 N–H and O–H groups in total. The summed E-state index contributed by atoms with van der Waals surface area (Å²) in [6.45, 7) is 0. The fourth-order valence-electron chi connectivity index (χ4n) is 1.20. The average molecular weight is 213 g/mol. The summed E-state index contributed by atoms with van der Waals surface area (Å²) in [7, 11) is 0. The largest absolute Gasteiger partial charge is 0.416 e. The number of rotatable bonds is 1. The van der Waals surface area contributed by atoms with Crippen LogP contribution < -0.4 is 0 Å². The maximum absolute atomic E-state index is 12.2. The highest BCUT2D eigenvalue weighted by Crippen LogP contribution is 2.30. The van der Waals surface area contributed by atoms with Crippen LogP contribution in [0.3, 0.4) is 0 Å². The third-order valence-corrected chi connectivity index (χ3v) is 1.98. The minimum atomic E-state index is -4.30. The van der Waals surface area contributed by atoms with E-state index in [2.05, 4.69) is 9.68 Å². The van der Waals surface area contributed by atoms with Crippen LogP contribution in [-0.4, -0.2) is 5.16 Å². The van der Waals surface area contributed by atoms with Crippen molar-refractivity contribution in [1.82, 2.24) is 5.16 Å². The molecule has 0 aliphatic heterocycles. The summed E-state index contributed by atoms with van der Waals surface area (Å²) in [4.78, 5) is 0. The van der Waals surface area contributed by atoms with Crippen LogP contribution in [0.5, 0.6) is 0 Å². The molecule has 0 aliphatic rings. The van der Waals surface area contributed by atoms with Gasteiger partial charge in [-0.05, 0) is 17.7 Å². The second-order valence-electron chi connectivity index (χ2n) is 2.99. The summed E-state index contributed by atoms with van der Waals surface area (Å²) < 4.78 is 41.3. The van der Waals surface area contributed by atoms with Gasteiger partial charge in [-0.1, -0.05) is 17.3 Å². The highest BCUT2D eigenvalue weighted by molar-refractivity contribution is 5.61. The molecule has 0 saturated heterocycles. The molecule has 0 bridgehead atoms. The molecule has 1 heterocycles. The van der Waals surface area contributed by atoms with E-state index in [1.54, 1.807) is 0 Å². The van der Waals surface area contributed by atoms with Gasteiger partial charge in [0.25, 0.3) is 0 Å². The number of aromatic nitrogens is 1. The first kappa shape index (κ1) is 9.76. The lowest BCUT2D eigenvalue weighted by atomic mass is 10.1. The van der Waals surface area contributed by atoms with Gasteiger partial charge in [-0.15, -0.1) is 0 Å². The van der Waals surface area contributed by atoms with Gasteiger partial charge in [-0.3, -0.25) is 0 Å². The fourth-order valence-corrected chi connectivity index (χ4v) is 1.20. The Balaban J connectivity index is 2.33. The quantitative estimate of drug-likeness (QED) is 0.725. The van der Waals surface area contributed by atoms with Crippen molar-refractivity contribution in [1.29, 1.82) is 0 Å². The molecule has 2 nitrogen and oxygen atoms in total. The molecule has 0 amide bonds. The van der Waals surface area contributed by atoms with Crippen LogP contribution in [0.4, 0.5) is 13.2 Å². The summed E-state index contributed by atoms with van der Waals surface area (Å²) in [6.07, 6.45) is -1.47. The number of alkyl halides is 3. The van der Waals surface area contributed by atoms with E-state index in [4.69, 9.17) is 0 Å². The van der Waals surface area contributed by atoms with E-state index in [9.17, 15) is 13.2 Å². The Morgan fingerprint density at radius 1 is 1.00 bits per heavy atom. The predicted octanol–water partition coefficient (Wildman–Crippen LogP) is 3.36. The Bertz CT molecular complexity index is 431. The summed E-state index contributed by atoms with van der Waals surface area (Å²) in [5, 5.41) is 3.47. The molecule has 0 atom stereocenters. The first-order valence-corrected chi connectivity index (χ1v) is 4.14. The standard InChI is InChI=1S/C10H6F3NO/c11-10(12,13)9-3-1-7(2-4-9)8-5-14-15-6-8/h1-6H. The highest BCUT2D eigenvalue weighted by atomic mass is 19.4. The Morgan fingerprint density at radius 3 is 2.13 bits per heavy atom. The highest BCUT2D eigenvalue weighted by Gasteiger charge is 2.29. The van der Waals surface area contributed by atoms with Crippen LogP contribution >= 0.6 is 0 Å². The van der Waals surface area contributed by atoms with Gasteiger partial charge in [0.1, 0.15) is 6.26 Å². The summed E-state index contributed by atoms with van der Waals surface area (Å²) in [5.41, 5.74) is 0.635. The molecule has 1 aromatic carbocycles. The normalized spacial score (nSPS) is 11.7. The van der Waals surface area contributed by atoms with Crippen molar-refractivity contribution in [2.75, 3.05) is 0 Å². The van der Waals surface area contributed by atoms with E-state index >= 15 is 0 Å². The second kappa shape index (κ2) is 3.42. The zero-order valence-electron chi connectivity index (χ0n) is 7.45. The average Bonchev–Trinajstić information content (AvgIpc) is 2.69. The van der Waals surface area contributed by atoms with E-state index in [1.807, 2.05) is 0 Å². The number of nitrogens with zero attached hydrogens (tertiary/aromatic N) is 1. The molecule has 5 heteroatoms. The van der Waals surface area contributed by atoms with Gasteiger partial charge >= 0.3 is 6.18 Å². The summed E-state index contributed by atoms with van der Waals surface area (Å²) >= 11 is 0. The molecule has 2 aromatic rings. The summed E-state index contributed by atoms with van der Waals surface area (Å²) in [6, 6.07) is 4.83. The number of hydrogen-bond acceptors (Lipinski definition) is 2. The van der Waals surface area contributed by atoms with E-state index < -0.39 is 11.7 Å². The van der Waals surface area contributed by atoms with Crippen LogP contribution in [-0.2, 0) is 6.18 Å². The van der Waals surface area contributed by atoms with Gasteiger partial charge in [-0.25, -0.2) is 0 Å². The molecular weight excluding hydrogens is 207 g/mol. The van der Waals surface area contributed by atoms with Crippen molar-refractivity contribution >= 4 is 0 Å². The van der Waals surface area contributed by atoms with E-state index in [-0.39, 0.29) is 0 Å². The number of hydrogen-bond donors (Lipinski definition) is 0. The van der Waals surface area contributed by atoms with Gasteiger partial charge < -0.3 is 4.52 Å². The number of benzene rings is 1. The van der Waals surface area contributed by atoms with Crippen LogP contribution in [0.2, 0.25) is 0 Å². The molecule has 0 radical (unpaired) electrons. The molecule has 0 aliphatic carbocycles. The van der Waals surface area contributed by atoms with E-state index in [0.29, 0.717) is 11.1 Å². The number of halogens is 3. The Kier molecular flexibility index (Phi) is 2.22. The second-order valence-corrected chi connectivity index (χ2v) is 2.99. The van der Waals surface area contributed by atoms with Crippen LogP contribution in [0.1, 0.15) is 5.56 Å². The van der Waals surface area contributed by atoms with Crippen molar-refractivity contribution in [2.45, 2.75) is 6.18 Å². The Hall–Kier alpha value is -1.78. The van der Waals surface area contributed by atoms with Crippen molar-refractivity contribution in [3.8, 4) is 11.1 Å².